The van der Waals surface area contributed by atoms with Crippen LogP contribution in [-0.4, -0.2) is 13.1 Å². The van der Waals surface area contributed by atoms with Gasteiger partial charge in [-0.3, -0.25) is 4.79 Å². The molecule has 1 fully saturated rings. The van der Waals surface area contributed by atoms with Crippen LogP contribution in [0, 0.1) is 17.3 Å². The van der Waals surface area contributed by atoms with Crippen molar-refractivity contribution in [2.75, 3.05) is 7.11 Å². The van der Waals surface area contributed by atoms with Gasteiger partial charge in [0.25, 0.3) is 0 Å². The van der Waals surface area contributed by atoms with Crippen LogP contribution in [0.2, 0.25) is 0 Å². The molecule has 0 radical (unpaired) electrons. The van der Waals surface area contributed by atoms with Crippen molar-refractivity contribution in [2.45, 2.75) is 34.3 Å². The lowest BCUT2D eigenvalue weighted by Gasteiger charge is -2.06. The third-order valence-corrected chi connectivity index (χ3v) is 4.22. The molecule has 0 saturated heterocycles. The van der Waals surface area contributed by atoms with E-state index in [1.807, 2.05) is 24.3 Å². The highest BCUT2D eigenvalue weighted by Crippen LogP contribution is 2.59. The molecule has 3 heteroatoms. The van der Waals surface area contributed by atoms with Gasteiger partial charge in [-0.25, -0.2) is 0 Å². The lowest BCUT2D eigenvalue weighted by Crippen LogP contribution is -2.10. The molecule has 1 aromatic rings. The van der Waals surface area contributed by atoms with E-state index >= 15 is 0 Å². The number of methoxy groups -OCH3 is 1. The van der Waals surface area contributed by atoms with Gasteiger partial charge >= 0.3 is 5.97 Å². The second-order valence-corrected chi connectivity index (χ2v) is 6.52. The van der Waals surface area contributed by atoms with Crippen LogP contribution in [0.25, 0.3) is 0 Å². The maximum Gasteiger partial charge on any atom is 0.310 e. The zero-order valence-electron chi connectivity index (χ0n) is 13.5. The Labute approximate surface area is 127 Å². The van der Waals surface area contributed by atoms with Crippen LogP contribution < -0.4 is 4.74 Å². The molecule has 0 amide bonds. The summed E-state index contributed by atoms with van der Waals surface area (Å²) in [5.74, 6) is 0.979. The van der Waals surface area contributed by atoms with Gasteiger partial charge in [0.2, 0.25) is 0 Å². The molecule has 0 aliphatic heterocycles. The molecule has 1 aliphatic carbocycles. The van der Waals surface area contributed by atoms with Crippen molar-refractivity contribution in [3.63, 3.8) is 0 Å². The van der Waals surface area contributed by atoms with E-state index in [1.165, 1.54) is 5.57 Å². The van der Waals surface area contributed by atoms with E-state index in [0.29, 0.717) is 12.5 Å². The first-order valence-corrected chi connectivity index (χ1v) is 7.31. The summed E-state index contributed by atoms with van der Waals surface area (Å²) in [6.45, 7) is 8.69. The summed E-state index contributed by atoms with van der Waals surface area (Å²) >= 11 is 0. The van der Waals surface area contributed by atoms with Gasteiger partial charge < -0.3 is 9.47 Å². The summed E-state index contributed by atoms with van der Waals surface area (Å²) in [7, 11) is 1.63. The fourth-order valence-electron chi connectivity index (χ4n) is 2.76. The minimum absolute atomic E-state index is 0.00820. The van der Waals surface area contributed by atoms with Gasteiger partial charge in [-0.1, -0.05) is 37.6 Å². The van der Waals surface area contributed by atoms with Crippen LogP contribution in [-0.2, 0) is 16.1 Å². The van der Waals surface area contributed by atoms with Crippen LogP contribution in [0.15, 0.2) is 35.9 Å². The molecule has 2 rings (SSSR count). The van der Waals surface area contributed by atoms with Crippen molar-refractivity contribution in [1.29, 1.82) is 0 Å². The fraction of sp³-hybridized carbons (Fsp3) is 0.500. The van der Waals surface area contributed by atoms with E-state index in [9.17, 15) is 4.79 Å². The van der Waals surface area contributed by atoms with Crippen LogP contribution >= 0.6 is 0 Å². The summed E-state index contributed by atoms with van der Waals surface area (Å²) in [6, 6.07) is 7.57. The van der Waals surface area contributed by atoms with Gasteiger partial charge in [0.1, 0.15) is 12.4 Å². The molecule has 21 heavy (non-hydrogen) atoms. The SMILES string of the molecule is COc1ccc(COC(=O)C2C(C=C(C)C)C2(C)C)cc1. The van der Waals surface area contributed by atoms with E-state index in [-0.39, 0.29) is 17.3 Å². The Morgan fingerprint density at radius 2 is 1.86 bits per heavy atom. The van der Waals surface area contributed by atoms with E-state index < -0.39 is 0 Å². The summed E-state index contributed by atoms with van der Waals surface area (Å²) in [5, 5.41) is 0. The average molecular weight is 288 g/mol. The van der Waals surface area contributed by atoms with Crippen molar-refractivity contribution in [1.82, 2.24) is 0 Å². The predicted octanol–water partition coefficient (Wildman–Crippen LogP) is 3.98. The van der Waals surface area contributed by atoms with Crippen molar-refractivity contribution in [3.8, 4) is 5.75 Å². The Bertz CT molecular complexity index is 536. The molecule has 1 aliphatic rings. The van der Waals surface area contributed by atoms with Gasteiger partial charge in [-0.2, -0.15) is 0 Å². The maximum atomic E-state index is 12.2. The Morgan fingerprint density at radius 1 is 1.24 bits per heavy atom. The second-order valence-electron chi connectivity index (χ2n) is 6.52. The molecule has 3 nitrogen and oxygen atoms in total. The molecule has 0 aromatic heterocycles. The third-order valence-electron chi connectivity index (χ3n) is 4.22. The Hall–Kier alpha value is -1.77. The van der Waals surface area contributed by atoms with E-state index in [1.54, 1.807) is 7.11 Å². The van der Waals surface area contributed by atoms with Crippen LogP contribution in [0.5, 0.6) is 5.75 Å². The number of ether oxygens (including phenoxy) is 2. The molecule has 1 aromatic carbocycles. The normalized spacial score (nSPS) is 22.3. The number of esters is 1. The first kappa shape index (κ1) is 15.6. The highest BCUT2D eigenvalue weighted by atomic mass is 16.5. The lowest BCUT2D eigenvalue weighted by molar-refractivity contribution is -0.147. The number of allylic oxidation sites excluding steroid dienone is 2. The molecule has 114 valence electrons. The van der Waals surface area contributed by atoms with Crippen molar-refractivity contribution < 1.29 is 14.3 Å². The number of carbonyl (C=O) groups excluding carboxylic acids is 1. The number of hydrogen-bond donors (Lipinski definition) is 0. The van der Waals surface area contributed by atoms with Crippen molar-refractivity contribution in [2.24, 2.45) is 17.3 Å². The van der Waals surface area contributed by atoms with E-state index in [0.717, 1.165) is 11.3 Å². The van der Waals surface area contributed by atoms with Crippen molar-refractivity contribution >= 4 is 5.97 Å². The fourth-order valence-corrected chi connectivity index (χ4v) is 2.76. The number of rotatable bonds is 5. The topological polar surface area (TPSA) is 35.5 Å². The van der Waals surface area contributed by atoms with Gasteiger partial charge in [0.05, 0.1) is 13.0 Å². The van der Waals surface area contributed by atoms with Gasteiger partial charge in [0.15, 0.2) is 0 Å². The Kier molecular flexibility index (Phi) is 4.40. The van der Waals surface area contributed by atoms with Crippen LogP contribution in [0.4, 0.5) is 0 Å². The molecule has 2 unspecified atom stereocenters. The zero-order chi connectivity index (χ0) is 15.6. The quantitative estimate of drug-likeness (QED) is 0.607. The number of hydrogen-bond acceptors (Lipinski definition) is 3. The average Bonchev–Trinajstić information content (AvgIpc) is 2.97. The molecule has 0 N–H and O–H groups in total. The summed E-state index contributed by atoms with van der Waals surface area (Å²) in [6.07, 6.45) is 2.18. The standard InChI is InChI=1S/C18H24O3/c1-12(2)10-15-16(18(15,3)4)17(19)21-11-13-6-8-14(20-5)9-7-13/h6-10,15-16H,11H2,1-5H3. The third kappa shape index (κ3) is 3.46. The Morgan fingerprint density at radius 3 is 2.38 bits per heavy atom. The van der Waals surface area contributed by atoms with Gasteiger partial charge in [-0.15, -0.1) is 0 Å². The summed E-state index contributed by atoms with van der Waals surface area (Å²) in [5.41, 5.74) is 2.23. The molecule has 2 atom stereocenters. The second kappa shape index (κ2) is 5.92. The zero-order valence-corrected chi connectivity index (χ0v) is 13.5. The van der Waals surface area contributed by atoms with Gasteiger partial charge in [0, 0.05) is 0 Å². The molecular formula is C18H24O3. The van der Waals surface area contributed by atoms with E-state index in [4.69, 9.17) is 9.47 Å². The summed E-state index contributed by atoms with van der Waals surface area (Å²) < 4.78 is 10.6. The lowest BCUT2D eigenvalue weighted by atomic mass is 10.1. The minimum atomic E-state index is -0.0988. The largest absolute Gasteiger partial charge is 0.497 e. The van der Waals surface area contributed by atoms with Crippen molar-refractivity contribution in [3.05, 3.63) is 41.5 Å². The summed E-state index contributed by atoms with van der Waals surface area (Å²) in [4.78, 5) is 12.2. The van der Waals surface area contributed by atoms with Crippen LogP contribution in [0.1, 0.15) is 33.3 Å². The number of carbonyl (C=O) groups is 1. The number of benzene rings is 1. The van der Waals surface area contributed by atoms with E-state index in [2.05, 4.69) is 33.8 Å². The highest BCUT2D eigenvalue weighted by Gasteiger charge is 2.61. The molecule has 0 heterocycles. The van der Waals surface area contributed by atoms with Gasteiger partial charge in [-0.05, 0) is 42.9 Å². The minimum Gasteiger partial charge on any atom is -0.497 e. The monoisotopic (exact) mass is 288 g/mol. The molecule has 1 saturated carbocycles. The Balaban J connectivity index is 1.92. The first-order valence-electron chi connectivity index (χ1n) is 7.31. The highest BCUT2D eigenvalue weighted by molar-refractivity contribution is 5.78. The molecule has 0 bridgehead atoms. The molecular weight excluding hydrogens is 264 g/mol. The first-order chi connectivity index (χ1) is 9.86. The molecule has 0 spiro atoms. The van der Waals surface area contributed by atoms with Crippen LogP contribution in [0.3, 0.4) is 0 Å². The predicted molar refractivity (Wildman–Crippen MR) is 83.0 cm³/mol. The maximum absolute atomic E-state index is 12.2. The smallest absolute Gasteiger partial charge is 0.310 e.